The van der Waals surface area contributed by atoms with Crippen LogP contribution >= 0.6 is 0 Å². The van der Waals surface area contributed by atoms with E-state index in [1.807, 2.05) is 4.90 Å². The third-order valence-electron chi connectivity index (χ3n) is 5.44. The average Bonchev–Trinajstić information content (AvgIpc) is 2.91. The molecule has 2 aliphatic heterocycles. The summed E-state index contributed by atoms with van der Waals surface area (Å²) >= 11 is 0. The van der Waals surface area contributed by atoms with Gasteiger partial charge in [0.25, 0.3) is 0 Å². The Balaban J connectivity index is 1.65. The number of likely N-dealkylation sites (tertiary alicyclic amines) is 1. The van der Waals surface area contributed by atoms with Gasteiger partial charge in [-0.15, -0.1) is 0 Å². The third kappa shape index (κ3) is 4.48. The van der Waals surface area contributed by atoms with Gasteiger partial charge in [-0.3, -0.25) is 9.69 Å². The highest BCUT2D eigenvalue weighted by Gasteiger charge is 2.37. The maximum Gasteiger partial charge on any atom is 0.243 e. The molecular weight excluding hydrogens is 382 g/mol. The Morgan fingerprint density at radius 1 is 1.11 bits per heavy atom. The molecule has 2 saturated heterocycles. The van der Waals surface area contributed by atoms with Crippen LogP contribution in [0.2, 0.25) is 0 Å². The van der Waals surface area contributed by atoms with Gasteiger partial charge in [0, 0.05) is 52.4 Å². The monoisotopic (exact) mass is 411 g/mol. The Kier molecular flexibility index (Phi) is 6.92. The minimum atomic E-state index is -3.59. The fraction of sp³-hybridized carbons (Fsp3) is 0.632. The van der Waals surface area contributed by atoms with Crippen LogP contribution in [0, 0.1) is 0 Å². The topological polar surface area (TPSA) is 79.4 Å². The number of hydrogen-bond donors (Lipinski definition) is 0. The summed E-state index contributed by atoms with van der Waals surface area (Å²) in [5.41, 5.74) is 0. The van der Waals surface area contributed by atoms with E-state index in [4.69, 9.17) is 9.47 Å². The molecule has 0 radical (unpaired) electrons. The molecule has 0 bridgehead atoms. The first-order chi connectivity index (χ1) is 13.5. The molecule has 1 aromatic rings. The molecule has 1 amide bonds. The Labute approximate surface area is 167 Å². The standard InChI is InChI=1S/C19H29N3O5S/c1-26-14-13-21-10-7-18(19(21)23)20-8-4-9-22(12-11-20)28(24,25)17-6-3-5-16(15-17)27-2/h3,5-6,15,18H,4,7-14H2,1-2H3. The van der Waals surface area contributed by atoms with Crippen molar-refractivity contribution >= 4 is 15.9 Å². The van der Waals surface area contributed by atoms with Crippen molar-refractivity contribution < 1.29 is 22.7 Å². The van der Waals surface area contributed by atoms with Crippen molar-refractivity contribution in [3.05, 3.63) is 24.3 Å². The predicted octanol–water partition coefficient (Wildman–Crippen LogP) is 0.639. The molecule has 2 heterocycles. The fourth-order valence-electron chi connectivity index (χ4n) is 3.86. The second-order valence-electron chi connectivity index (χ2n) is 7.10. The van der Waals surface area contributed by atoms with E-state index in [1.54, 1.807) is 31.4 Å². The smallest absolute Gasteiger partial charge is 0.243 e. The van der Waals surface area contributed by atoms with E-state index in [9.17, 15) is 13.2 Å². The van der Waals surface area contributed by atoms with E-state index in [0.717, 1.165) is 19.5 Å². The first kappa shape index (κ1) is 21.0. The van der Waals surface area contributed by atoms with Crippen molar-refractivity contribution in [2.45, 2.75) is 23.8 Å². The minimum Gasteiger partial charge on any atom is -0.497 e. The summed E-state index contributed by atoms with van der Waals surface area (Å²) in [6.07, 6.45) is 1.48. The number of carbonyl (C=O) groups excluding carboxylic acids is 1. The molecule has 28 heavy (non-hydrogen) atoms. The van der Waals surface area contributed by atoms with Gasteiger partial charge in [-0.2, -0.15) is 4.31 Å². The minimum absolute atomic E-state index is 0.126. The number of ether oxygens (including phenoxy) is 2. The number of amides is 1. The second-order valence-corrected chi connectivity index (χ2v) is 9.03. The van der Waals surface area contributed by atoms with Crippen molar-refractivity contribution in [1.29, 1.82) is 0 Å². The van der Waals surface area contributed by atoms with Gasteiger partial charge in [-0.05, 0) is 25.0 Å². The molecular formula is C19H29N3O5S. The first-order valence-electron chi connectivity index (χ1n) is 9.63. The molecule has 2 fully saturated rings. The zero-order chi connectivity index (χ0) is 20.1. The highest BCUT2D eigenvalue weighted by molar-refractivity contribution is 7.89. The van der Waals surface area contributed by atoms with Crippen LogP contribution in [0.3, 0.4) is 0 Å². The van der Waals surface area contributed by atoms with Gasteiger partial charge in [-0.25, -0.2) is 8.42 Å². The molecule has 1 aromatic carbocycles. The highest BCUT2D eigenvalue weighted by Crippen LogP contribution is 2.24. The number of hydrogen-bond acceptors (Lipinski definition) is 6. The number of methoxy groups -OCH3 is 2. The fourth-order valence-corrected chi connectivity index (χ4v) is 5.37. The summed E-state index contributed by atoms with van der Waals surface area (Å²) in [4.78, 5) is 16.9. The number of benzene rings is 1. The van der Waals surface area contributed by atoms with Crippen molar-refractivity contribution in [2.24, 2.45) is 0 Å². The summed E-state index contributed by atoms with van der Waals surface area (Å²) < 4.78 is 37.8. The molecule has 0 aromatic heterocycles. The Morgan fingerprint density at radius 3 is 2.68 bits per heavy atom. The van der Waals surface area contributed by atoms with E-state index in [-0.39, 0.29) is 16.8 Å². The maximum absolute atomic E-state index is 13.0. The van der Waals surface area contributed by atoms with Crippen LogP contribution in [0.4, 0.5) is 0 Å². The molecule has 8 nitrogen and oxygen atoms in total. The van der Waals surface area contributed by atoms with Gasteiger partial charge in [0.05, 0.1) is 24.7 Å². The Bertz CT molecular complexity index is 786. The highest BCUT2D eigenvalue weighted by atomic mass is 32.2. The number of sulfonamides is 1. The second kappa shape index (κ2) is 9.21. The van der Waals surface area contributed by atoms with Crippen LogP contribution in [-0.4, -0.2) is 94.6 Å². The molecule has 0 saturated carbocycles. The van der Waals surface area contributed by atoms with Crippen LogP contribution in [0.5, 0.6) is 5.75 Å². The largest absolute Gasteiger partial charge is 0.497 e. The zero-order valence-corrected chi connectivity index (χ0v) is 17.4. The van der Waals surface area contributed by atoms with Crippen LogP contribution < -0.4 is 4.74 Å². The van der Waals surface area contributed by atoms with Gasteiger partial charge in [0.2, 0.25) is 15.9 Å². The lowest BCUT2D eigenvalue weighted by Crippen LogP contribution is -2.44. The lowest BCUT2D eigenvalue weighted by molar-refractivity contribution is -0.132. The van der Waals surface area contributed by atoms with Gasteiger partial charge < -0.3 is 14.4 Å². The molecule has 3 rings (SSSR count). The molecule has 1 atom stereocenters. The van der Waals surface area contributed by atoms with Gasteiger partial charge >= 0.3 is 0 Å². The Hall–Kier alpha value is -1.68. The van der Waals surface area contributed by atoms with Crippen molar-refractivity contribution in [1.82, 2.24) is 14.1 Å². The third-order valence-corrected chi connectivity index (χ3v) is 7.34. The maximum atomic E-state index is 13.0. The number of nitrogens with zero attached hydrogens (tertiary/aromatic N) is 3. The Morgan fingerprint density at radius 2 is 1.93 bits per heavy atom. The summed E-state index contributed by atoms with van der Waals surface area (Å²) in [5.74, 6) is 0.645. The van der Waals surface area contributed by atoms with E-state index in [0.29, 0.717) is 45.0 Å². The molecule has 2 aliphatic rings. The van der Waals surface area contributed by atoms with Gasteiger partial charge in [0.15, 0.2) is 0 Å². The van der Waals surface area contributed by atoms with E-state index >= 15 is 0 Å². The first-order valence-corrected chi connectivity index (χ1v) is 11.1. The van der Waals surface area contributed by atoms with Crippen LogP contribution in [0.15, 0.2) is 29.2 Å². The summed E-state index contributed by atoms with van der Waals surface area (Å²) in [5, 5.41) is 0. The van der Waals surface area contributed by atoms with Crippen LogP contribution in [-0.2, 0) is 19.6 Å². The SMILES string of the molecule is COCCN1CCC(N2CCCN(S(=O)(=O)c3cccc(OC)c3)CC2)C1=O. The molecule has 0 aliphatic carbocycles. The van der Waals surface area contributed by atoms with Crippen molar-refractivity contribution in [3.63, 3.8) is 0 Å². The van der Waals surface area contributed by atoms with Crippen molar-refractivity contribution in [2.75, 3.05) is 60.1 Å². The predicted molar refractivity (Wildman–Crippen MR) is 105 cm³/mol. The van der Waals surface area contributed by atoms with Crippen molar-refractivity contribution in [3.8, 4) is 5.75 Å². The summed E-state index contributed by atoms with van der Waals surface area (Å²) in [7, 11) is -0.439. The van der Waals surface area contributed by atoms with E-state index in [2.05, 4.69) is 4.90 Å². The lowest BCUT2D eigenvalue weighted by atomic mass is 10.2. The molecule has 9 heteroatoms. The van der Waals surface area contributed by atoms with E-state index < -0.39 is 10.0 Å². The molecule has 0 N–H and O–H groups in total. The molecule has 0 spiro atoms. The number of rotatable bonds is 7. The van der Waals surface area contributed by atoms with Gasteiger partial charge in [0.1, 0.15) is 5.75 Å². The van der Waals surface area contributed by atoms with E-state index in [1.165, 1.54) is 11.4 Å². The van der Waals surface area contributed by atoms with Crippen LogP contribution in [0.25, 0.3) is 0 Å². The quantitative estimate of drug-likeness (QED) is 0.655. The van der Waals surface area contributed by atoms with Crippen LogP contribution in [0.1, 0.15) is 12.8 Å². The lowest BCUT2D eigenvalue weighted by Gasteiger charge is -2.26. The summed E-state index contributed by atoms with van der Waals surface area (Å²) in [6, 6.07) is 6.39. The normalized spacial score (nSPS) is 22.4. The van der Waals surface area contributed by atoms with Gasteiger partial charge in [-0.1, -0.05) is 6.07 Å². The average molecular weight is 412 g/mol. The zero-order valence-electron chi connectivity index (χ0n) is 16.5. The summed E-state index contributed by atoms with van der Waals surface area (Å²) in [6.45, 7) is 3.97. The molecule has 156 valence electrons. The number of carbonyl (C=O) groups is 1. The molecule has 1 unspecified atom stereocenters.